The van der Waals surface area contributed by atoms with Crippen LogP contribution >= 0.6 is 0 Å². The maximum Gasteiger partial charge on any atom is 0.278 e. The predicted molar refractivity (Wildman–Crippen MR) is 146 cm³/mol. The monoisotopic (exact) mass is 484 g/mol. The Morgan fingerprint density at radius 1 is 1.17 bits per heavy atom. The second kappa shape index (κ2) is 14.4. The lowest BCUT2D eigenvalue weighted by Gasteiger charge is -2.18. The molecule has 1 fully saturated rings. The molecule has 3 unspecified atom stereocenters. The third-order valence-electron chi connectivity index (χ3n) is 5.47. The van der Waals surface area contributed by atoms with Crippen molar-refractivity contribution < 1.29 is 13.5 Å². The molecule has 1 aromatic heterocycles. The van der Waals surface area contributed by atoms with Gasteiger partial charge < -0.3 is 10.1 Å². The third kappa shape index (κ3) is 9.67. The van der Waals surface area contributed by atoms with Crippen molar-refractivity contribution in [2.24, 2.45) is 5.92 Å². The summed E-state index contributed by atoms with van der Waals surface area (Å²) in [4.78, 5) is 4.64. The first-order chi connectivity index (χ1) is 16.7. The largest absolute Gasteiger partial charge is 0.488 e. The van der Waals surface area contributed by atoms with E-state index < -0.39 is 12.5 Å². The molecule has 3 nitrogen and oxygen atoms in total. The topological polar surface area (TPSA) is 34.1 Å². The molecule has 35 heavy (non-hydrogen) atoms. The first-order valence-electron chi connectivity index (χ1n) is 12.5. The minimum absolute atomic E-state index is 0.0414. The summed E-state index contributed by atoms with van der Waals surface area (Å²) in [5.41, 5.74) is 2.88. The number of rotatable bonds is 10. The van der Waals surface area contributed by atoms with E-state index in [4.69, 9.17) is 4.74 Å². The summed E-state index contributed by atoms with van der Waals surface area (Å²) < 4.78 is 31.1. The number of ether oxygens (including phenoxy) is 1. The normalized spacial score (nSPS) is 18.0. The Labute approximate surface area is 210 Å². The van der Waals surface area contributed by atoms with Crippen LogP contribution in [0.5, 0.6) is 0 Å². The highest BCUT2D eigenvalue weighted by molar-refractivity contribution is 5.81. The number of fused-ring (bicyclic) bond motifs is 1. The Hall–Kier alpha value is -2.95. The molecule has 0 bridgehead atoms. The number of aromatic nitrogens is 1. The molecule has 5 heteroatoms. The molecule has 2 aromatic rings. The highest BCUT2D eigenvalue weighted by Gasteiger charge is 2.41. The fourth-order valence-electron chi connectivity index (χ4n) is 3.46. The minimum Gasteiger partial charge on any atom is -0.488 e. The van der Waals surface area contributed by atoms with Crippen LogP contribution in [0.2, 0.25) is 0 Å². The maximum atomic E-state index is 13.0. The number of allylic oxidation sites excluding steroid dienone is 3. The van der Waals surface area contributed by atoms with Gasteiger partial charge in [-0.05, 0) is 49.4 Å². The molecule has 1 aromatic carbocycles. The SMILES string of the molecule is C=C(/C=C\C(=C/C)OCC(C)(F)F)C(C)NC(=C)C1CC1c1cc2ccccc2cn1.CC.CC. The zero-order valence-electron chi connectivity index (χ0n) is 22.4. The lowest BCUT2D eigenvalue weighted by atomic mass is 10.1. The number of nitrogens with zero attached hydrogens (tertiary/aromatic N) is 1. The number of alkyl halides is 2. The van der Waals surface area contributed by atoms with Crippen LogP contribution in [-0.4, -0.2) is 23.6 Å². The number of hydrogen-bond donors (Lipinski definition) is 1. The van der Waals surface area contributed by atoms with E-state index in [2.05, 4.69) is 41.7 Å². The van der Waals surface area contributed by atoms with Crippen LogP contribution in [0.25, 0.3) is 10.8 Å². The minimum atomic E-state index is -2.87. The second-order valence-corrected chi connectivity index (χ2v) is 8.25. The van der Waals surface area contributed by atoms with E-state index in [0.717, 1.165) is 35.7 Å². The van der Waals surface area contributed by atoms with Crippen molar-refractivity contribution in [3.8, 4) is 0 Å². The van der Waals surface area contributed by atoms with E-state index in [-0.39, 0.29) is 6.04 Å². The van der Waals surface area contributed by atoms with Crippen LogP contribution in [0, 0.1) is 5.92 Å². The molecule has 3 atom stereocenters. The van der Waals surface area contributed by atoms with Crippen molar-refractivity contribution >= 4 is 10.8 Å². The first-order valence-corrected chi connectivity index (χ1v) is 12.5. The molecule has 0 radical (unpaired) electrons. The van der Waals surface area contributed by atoms with Gasteiger partial charge in [0, 0.05) is 47.8 Å². The summed E-state index contributed by atoms with van der Waals surface area (Å²) in [5.74, 6) is -1.77. The summed E-state index contributed by atoms with van der Waals surface area (Å²) in [5, 5.41) is 5.77. The number of halogens is 2. The van der Waals surface area contributed by atoms with Gasteiger partial charge in [-0.25, -0.2) is 8.78 Å². The van der Waals surface area contributed by atoms with Crippen molar-refractivity contribution in [3.63, 3.8) is 0 Å². The van der Waals surface area contributed by atoms with Crippen LogP contribution in [0.15, 0.2) is 84.9 Å². The Morgan fingerprint density at radius 3 is 2.40 bits per heavy atom. The molecule has 3 rings (SSSR count). The van der Waals surface area contributed by atoms with Crippen LogP contribution in [-0.2, 0) is 4.74 Å². The van der Waals surface area contributed by atoms with Crippen LogP contribution in [0.4, 0.5) is 8.78 Å². The van der Waals surface area contributed by atoms with E-state index in [9.17, 15) is 8.78 Å². The van der Waals surface area contributed by atoms with Crippen LogP contribution in [0.1, 0.15) is 66.5 Å². The van der Waals surface area contributed by atoms with Crippen molar-refractivity contribution in [2.75, 3.05) is 6.61 Å². The molecule has 192 valence electrons. The van der Waals surface area contributed by atoms with Gasteiger partial charge in [0.05, 0.1) is 0 Å². The maximum absolute atomic E-state index is 13.0. The predicted octanol–water partition coefficient (Wildman–Crippen LogP) is 8.57. The van der Waals surface area contributed by atoms with Gasteiger partial charge in [-0.15, -0.1) is 0 Å². The summed E-state index contributed by atoms with van der Waals surface area (Å²) >= 11 is 0. The van der Waals surface area contributed by atoms with E-state index in [1.807, 2.05) is 52.9 Å². The number of pyridine rings is 1. The Morgan fingerprint density at radius 2 is 1.80 bits per heavy atom. The summed E-state index contributed by atoms with van der Waals surface area (Å²) in [7, 11) is 0. The summed E-state index contributed by atoms with van der Waals surface area (Å²) in [6.07, 6.45) is 8.05. The lowest BCUT2D eigenvalue weighted by Crippen LogP contribution is -2.27. The summed E-state index contributed by atoms with van der Waals surface area (Å²) in [6.45, 7) is 20.2. The van der Waals surface area contributed by atoms with E-state index in [0.29, 0.717) is 17.6 Å². The van der Waals surface area contributed by atoms with Crippen molar-refractivity contribution in [2.45, 2.75) is 72.8 Å². The zero-order valence-corrected chi connectivity index (χ0v) is 22.4. The van der Waals surface area contributed by atoms with Gasteiger partial charge >= 0.3 is 0 Å². The van der Waals surface area contributed by atoms with E-state index >= 15 is 0 Å². The molecule has 1 heterocycles. The van der Waals surface area contributed by atoms with Crippen molar-refractivity contribution in [1.29, 1.82) is 0 Å². The van der Waals surface area contributed by atoms with Gasteiger partial charge in [-0.1, -0.05) is 71.2 Å². The smallest absolute Gasteiger partial charge is 0.278 e. The first kappa shape index (κ1) is 30.1. The van der Waals surface area contributed by atoms with Gasteiger partial charge in [-0.3, -0.25) is 4.98 Å². The Bertz CT molecular complexity index is 1020. The molecule has 0 saturated heterocycles. The van der Waals surface area contributed by atoms with Crippen LogP contribution in [0.3, 0.4) is 0 Å². The molecular weight excluding hydrogens is 442 g/mol. The second-order valence-electron chi connectivity index (χ2n) is 8.25. The molecular formula is C30H42F2N2O. The molecule has 1 N–H and O–H groups in total. The molecule has 0 spiro atoms. The standard InChI is InChI=1S/C26H30F2N2O.2C2H6/c1-6-22(31-16-26(5,27)28)12-11-17(2)18(3)30-19(4)23-14-24(23)25-13-20-9-7-8-10-21(20)15-29-25;2*1-2/h6-13,15,18,23-24,30H,2,4,14,16H2,1,3,5H3;2*1-2H3/b12-11-,22-6+;;. The Kier molecular flexibility index (Phi) is 12.4. The van der Waals surface area contributed by atoms with E-state index in [1.54, 1.807) is 25.2 Å². The molecule has 0 amide bonds. The lowest BCUT2D eigenvalue weighted by molar-refractivity contribution is -0.0417. The fourth-order valence-corrected chi connectivity index (χ4v) is 3.46. The highest BCUT2D eigenvalue weighted by Crippen LogP contribution is 2.50. The third-order valence-corrected chi connectivity index (χ3v) is 5.47. The van der Waals surface area contributed by atoms with Gasteiger partial charge in [0.1, 0.15) is 5.76 Å². The van der Waals surface area contributed by atoms with Gasteiger partial charge in [0.2, 0.25) is 0 Å². The summed E-state index contributed by atoms with van der Waals surface area (Å²) in [6, 6.07) is 10.3. The van der Waals surface area contributed by atoms with Gasteiger partial charge in [-0.2, -0.15) is 0 Å². The molecule has 0 aliphatic heterocycles. The van der Waals surface area contributed by atoms with Crippen LogP contribution < -0.4 is 5.32 Å². The quantitative estimate of drug-likeness (QED) is 0.271. The number of benzene rings is 1. The molecule has 1 saturated carbocycles. The number of hydrogen-bond acceptors (Lipinski definition) is 3. The van der Waals surface area contributed by atoms with Crippen molar-refractivity contribution in [1.82, 2.24) is 10.3 Å². The van der Waals surface area contributed by atoms with Gasteiger partial charge in [0.15, 0.2) is 6.61 Å². The fraction of sp³-hybridized carbons (Fsp3) is 0.433. The highest BCUT2D eigenvalue weighted by atomic mass is 19.3. The van der Waals surface area contributed by atoms with E-state index in [1.165, 1.54) is 5.39 Å². The van der Waals surface area contributed by atoms with Gasteiger partial charge in [0.25, 0.3) is 5.92 Å². The zero-order chi connectivity index (χ0) is 26.6. The molecule has 1 aliphatic carbocycles. The van der Waals surface area contributed by atoms with Crippen molar-refractivity contribution in [3.05, 3.63) is 90.6 Å². The average Bonchev–Trinajstić information content (AvgIpc) is 3.67. The molecule has 1 aliphatic rings. The average molecular weight is 485 g/mol. The Balaban J connectivity index is 0.00000145. The number of nitrogens with one attached hydrogen (secondary N) is 1.